The van der Waals surface area contributed by atoms with Crippen molar-refractivity contribution in [3.63, 3.8) is 0 Å². The standard InChI is InChI=1S/C25H27ClFN5O6S/c1-12-4-8-18(27)20(13(12)2)14(3)21(23-29-30-25(34)38-23)31-39(35,36)19-9-7-17(26)22(28-19)24(33)32-10-15-5-6-16(11-32)37-15/h4,7-9,14-16,21,31H,5-6,10-11H2,1-3H3,(H,30,34). The first-order valence-electron chi connectivity index (χ1n) is 12.4. The van der Waals surface area contributed by atoms with Crippen LogP contribution in [0.4, 0.5) is 4.39 Å². The van der Waals surface area contributed by atoms with E-state index in [0.29, 0.717) is 18.7 Å². The van der Waals surface area contributed by atoms with Crippen molar-refractivity contribution >= 4 is 27.5 Å². The predicted molar refractivity (Wildman–Crippen MR) is 138 cm³/mol. The van der Waals surface area contributed by atoms with Gasteiger partial charge in [-0.15, -0.1) is 5.10 Å². The molecule has 0 saturated carbocycles. The molecule has 3 aromatic rings. The highest BCUT2D eigenvalue weighted by Crippen LogP contribution is 2.35. The van der Waals surface area contributed by atoms with Crippen LogP contribution in [-0.4, -0.2) is 59.7 Å². The van der Waals surface area contributed by atoms with Gasteiger partial charge in [0.15, 0.2) is 5.03 Å². The molecule has 2 N–H and O–H groups in total. The topological polar surface area (TPSA) is 147 Å². The number of pyridine rings is 1. The zero-order valence-electron chi connectivity index (χ0n) is 21.4. The highest BCUT2D eigenvalue weighted by Gasteiger charge is 2.38. The Morgan fingerprint density at radius 3 is 2.54 bits per heavy atom. The van der Waals surface area contributed by atoms with Crippen molar-refractivity contribution in [1.29, 1.82) is 0 Å². The summed E-state index contributed by atoms with van der Waals surface area (Å²) in [6.45, 7) is 5.83. The van der Waals surface area contributed by atoms with Crippen LogP contribution in [0, 0.1) is 19.7 Å². The van der Waals surface area contributed by atoms with E-state index in [1.54, 1.807) is 31.7 Å². The van der Waals surface area contributed by atoms with Crippen molar-refractivity contribution in [2.24, 2.45) is 0 Å². The van der Waals surface area contributed by atoms with E-state index in [1.165, 1.54) is 12.1 Å². The molecule has 11 nitrogen and oxygen atoms in total. The van der Waals surface area contributed by atoms with Crippen LogP contribution >= 0.6 is 11.6 Å². The number of ether oxygens (including phenoxy) is 1. The molecule has 2 bridgehead atoms. The number of carbonyl (C=O) groups is 1. The van der Waals surface area contributed by atoms with Crippen LogP contribution in [0.5, 0.6) is 0 Å². The average molecular weight is 580 g/mol. The lowest BCUT2D eigenvalue weighted by atomic mass is 9.88. The molecule has 0 spiro atoms. The third-order valence-corrected chi connectivity index (χ3v) is 8.97. The molecule has 2 saturated heterocycles. The van der Waals surface area contributed by atoms with Gasteiger partial charge in [0.2, 0.25) is 5.89 Å². The summed E-state index contributed by atoms with van der Waals surface area (Å²) in [5.41, 5.74) is 1.43. The average Bonchev–Trinajstić information content (AvgIpc) is 3.48. The van der Waals surface area contributed by atoms with Crippen molar-refractivity contribution in [1.82, 2.24) is 24.8 Å². The van der Waals surface area contributed by atoms with Crippen LogP contribution in [0.3, 0.4) is 0 Å². The SMILES string of the molecule is Cc1ccc(F)c(C(C)C(NS(=O)(=O)c2ccc(Cl)c(C(=O)N3CC4CCC(C3)O4)n2)c2n[nH]c(=O)o2)c1C. The van der Waals surface area contributed by atoms with Crippen LogP contribution in [-0.2, 0) is 14.8 Å². The number of halogens is 2. The van der Waals surface area contributed by atoms with Crippen molar-refractivity contribution in [3.05, 3.63) is 73.9 Å². The minimum atomic E-state index is -4.45. The summed E-state index contributed by atoms with van der Waals surface area (Å²) in [7, 11) is -4.45. The molecule has 0 aliphatic carbocycles. The quantitative estimate of drug-likeness (QED) is 0.434. The maximum absolute atomic E-state index is 15.0. The summed E-state index contributed by atoms with van der Waals surface area (Å²) in [6, 6.07) is 4.05. The Hall–Kier alpha value is -3.13. The Balaban J connectivity index is 1.49. The number of aromatic nitrogens is 3. The zero-order valence-corrected chi connectivity index (χ0v) is 23.0. The summed E-state index contributed by atoms with van der Waals surface area (Å²) in [4.78, 5) is 30.7. The Labute approximate surface area is 228 Å². The highest BCUT2D eigenvalue weighted by molar-refractivity contribution is 7.89. The van der Waals surface area contributed by atoms with Gasteiger partial charge in [0, 0.05) is 19.0 Å². The maximum atomic E-state index is 15.0. The second kappa shape index (κ2) is 10.5. The number of sulfonamides is 1. The molecule has 208 valence electrons. The molecule has 14 heteroatoms. The molecule has 1 aromatic carbocycles. The summed E-state index contributed by atoms with van der Waals surface area (Å²) in [6.07, 6.45) is 1.54. The molecular formula is C25H27ClFN5O6S. The lowest BCUT2D eigenvalue weighted by Crippen LogP contribution is -2.46. The Morgan fingerprint density at radius 1 is 1.21 bits per heavy atom. The fraction of sp³-hybridized carbons (Fsp3) is 0.440. The van der Waals surface area contributed by atoms with Crippen LogP contribution in [0.2, 0.25) is 5.02 Å². The Kier molecular flexibility index (Phi) is 7.35. The van der Waals surface area contributed by atoms with Gasteiger partial charge >= 0.3 is 5.76 Å². The number of aryl methyl sites for hydroxylation is 1. The summed E-state index contributed by atoms with van der Waals surface area (Å²) in [5.74, 6) is -3.10. The predicted octanol–water partition coefficient (Wildman–Crippen LogP) is 2.99. The maximum Gasteiger partial charge on any atom is 0.434 e. The largest absolute Gasteiger partial charge is 0.434 e. The number of likely N-dealkylation sites (tertiary alicyclic amines) is 1. The number of nitrogens with one attached hydrogen (secondary N) is 2. The number of H-pyrrole nitrogens is 1. The molecule has 4 heterocycles. The second-order valence-corrected chi connectivity index (χ2v) is 12.0. The first-order valence-corrected chi connectivity index (χ1v) is 14.3. The first-order chi connectivity index (χ1) is 18.4. The minimum absolute atomic E-state index is 0.00142. The van der Waals surface area contributed by atoms with Crippen molar-refractivity contribution < 1.29 is 26.8 Å². The molecule has 2 fully saturated rings. The lowest BCUT2D eigenvalue weighted by molar-refractivity contribution is -0.0305. The van der Waals surface area contributed by atoms with E-state index in [4.69, 9.17) is 20.8 Å². The van der Waals surface area contributed by atoms with Gasteiger partial charge in [-0.3, -0.25) is 4.79 Å². The second-order valence-electron chi connectivity index (χ2n) is 9.89. The van der Waals surface area contributed by atoms with E-state index in [9.17, 15) is 22.4 Å². The van der Waals surface area contributed by atoms with Gasteiger partial charge in [0.25, 0.3) is 15.9 Å². The highest BCUT2D eigenvalue weighted by atomic mass is 35.5. The van der Waals surface area contributed by atoms with E-state index < -0.39 is 44.5 Å². The van der Waals surface area contributed by atoms with Gasteiger partial charge < -0.3 is 14.1 Å². The number of benzene rings is 1. The van der Waals surface area contributed by atoms with Crippen LogP contribution < -0.4 is 10.5 Å². The van der Waals surface area contributed by atoms with Crippen molar-refractivity contribution in [2.75, 3.05) is 13.1 Å². The summed E-state index contributed by atoms with van der Waals surface area (Å²) >= 11 is 6.27. The molecule has 39 heavy (non-hydrogen) atoms. The number of hydrogen-bond donors (Lipinski definition) is 2. The van der Waals surface area contributed by atoms with Crippen molar-refractivity contribution in [3.8, 4) is 0 Å². The molecule has 1 amide bonds. The molecule has 4 unspecified atom stereocenters. The third-order valence-electron chi connectivity index (χ3n) is 7.32. The van der Waals surface area contributed by atoms with Gasteiger partial charge in [-0.25, -0.2) is 27.7 Å². The number of amides is 1. The summed E-state index contributed by atoms with van der Waals surface area (Å²) in [5, 5.41) is 5.42. The van der Waals surface area contributed by atoms with Gasteiger partial charge in [0.05, 0.1) is 17.2 Å². The van der Waals surface area contributed by atoms with Gasteiger partial charge in [-0.1, -0.05) is 24.6 Å². The van der Waals surface area contributed by atoms with E-state index in [2.05, 4.69) is 19.9 Å². The van der Waals surface area contributed by atoms with Gasteiger partial charge in [-0.2, -0.15) is 4.72 Å². The fourth-order valence-electron chi connectivity index (χ4n) is 5.15. The minimum Gasteiger partial charge on any atom is -0.391 e. The number of morpholine rings is 1. The number of hydrogen-bond acceptors (Lipinski definition) is 8. The van der Waals surface area contributed by atoms with Crippen LogP contribution in [0.15, 0.2) is 38.5 Å². The molecule has 4 atom stereocenters. The number of carbonyl (C=O) groups excluding carboxylic acids is 1. The smallest absolute Gasteiger partial charge is 0.391 e. The lowest BCUT2D eigenvalue weighted by Gasteiger charge is -2.32. The van der Waals surface area contributed by atoms with E-state index in [1.807, 2.05) is 0 Å². The molecule has 2 aliphatic heterocycles. The molecule has 2 aromatic heterocycles. The van der Waals surface area contributed by atoms with E-state index >= 15 is 0 Å². The molecule has 2 aliphatic rings. The first kappa shape index (κ1) is 27.4. The number of fused-ring (bicyclic) bond motifs is 2. The molecular weight excluding hydrogens is 553 g/mol. The zero-order chi connectivity index (χ0) is 28.1. The van der Waals surface area contributed by atoms with Gasteiger partial charge in [-0.05, 0) is 61.6 Å². The van der Waals surface area contributed by atoms with Crippen LogP contribution in [0.25, 0.3) is 0 Å². The van der Waals surface area contributed by atoms with Crippen LogP contribution in [0.1, 0.15) is 64.8 Å². The fourth-order valence-corrected chi connectivity index (χ4v) is 6.56. The van der Waals surface area contributed by atoms with E-state index in [-0.39, 0.29) is 34.4 Å². The molecule has 5 rings (SSSR count). The third kappa shape index (κ3) is 5.36. The number of nitrogens with zero attached hydrogens (tertiary/aromatic N) is 3. The summed E-state index contributed by atoms with van der Waals surface area (Å²) < 4.78 is 55.4. The normalized spacial score (nSPS) is 20.7. The van der Waals surface area contributed by atoms with Gasteiger partial charge in [0.1, 0.15) is 17.6 Å². The van der Waals surface area contributed by atoms with E-state index in [0.717, 1.165) is 24.5 Å². The number of aromatic amines is 1. The van der Waals surface area contributed by atoms with Crippen molar-refractivity contribution in [2.45, 2.75) is 62.8 Å². The Morgan fingerprint density at radius 2 is 1.90 bits per heavy atom. The number of rotatable bonds is 7. The monoisotopic (exact) mass is 579 g/mol. The Bertz CT molecular complexity index is 1580. The molecule has 0 radical (unpaired) electrons.